The first-order chi connectivity index (χ1) is 7.88. The topological polar surface area (TPSA) is 12.9 Å². The van der Waals surface area contributed by atoms with Crippen LogP contribution in [0, 0.1) is 0 Å². The van der Waals surface area contributed by atoms with Crippen molar-refractivity contribution in [2.24, 2.45) is 0 Å². The molecule has 0 atom stereocenters. The number of hydrogen-bond donors (Lipinski definition) is 0. The fourth-order valence-electron chi connectivity index (χ4n) is 1.89. The second kappa shape index (κ2) is 3.65. The molecule has 0 aliphatic rings. The minimum absolute atomic E-state index is 0.936. The number of aromatic nitrogens is 1. The summed E-state index contributed by atoms with van der Waals surface area (Å²) < 4.78 is 0. The molecule has 0 saturated carbocycles. The van der Waals surface area contributed by atoms with Crippen LogP contribution in [0.3, 0.4) is 0 Å². The van der Waals surface area contributed by atoms with Crippen molar-refractivity contribution in [3.05, 3.63) is 54.1 Å². The summed E-state index contributed by atoms with van der Waals surface area (Å²) in [5, 5.41) is 4.98. The first-order valence-electron chi connectivity index (χ1n) is 5.05. The van der Waals surface area contributed by atoms with Crippen molar-refractivity contribution in [1.29, 1.82) is 0 Å². The first kappa shape index (κ1) is 9.43. The zero-order valence-corrected chi connectivity index (χ0v) is 9.29. The molecular weight excluding hydrogens is 214 g/mol. The van der Waals surface area contributed by atoms with E-state index in [0.29, 0.717) is 0 Å². The minimum Gasteiger partial charge on any atom is -0.248 e. The van der Waals surface area contributed by atoms with Gasteiger partial charge < -0.3 is 0 Å². The molecule has 0 spiro atoms. The zero-order valence-electron chi connectivity index (χ0n) is 8.47. The van der Waals surface area contributed by atoms with E-state index in [-0.39, 0.29) is 0 Å². The normalized spacial score (nSPS) is 10.8. The van der Waals surface area contributed by atoms with Gasteiger partial charge in [0.2, 0.25) is 0 Å². The number of fused-ring (bicyclic) bond motifs is 2. The second-order valence-corrected chi connectivity index (χ2v) is 3.86. The van der Waals surface area contributed by atoms with E-state index in [1.807, 2.05) is 36.4 Å². The number of benzene rings is 2. The maximum Gasteiger partial charge on any atom is 0.0716 e. The van der Waals surface area contributed by atoms with Crippen LogP contribution in [0.5, 0.6) is 0 Å². The van der Waals surface area contributed by atoms with Gasteiger partial charge in [0, 0.05) is 16.3 Å². The number of thiocarbonyl (C=S) groups is 1. The van der Waals surface area contributed by atoms with Gasteiger partial charge in [-0.25, -0.2) is 4.98 Å². The van der Waals surface area contributed by atoms with Crippen LogP contribution in [0.25, 0.3) is 21.8 Å². The van der Waals surface area contributed by atoms with E-state index in [1.165, 1.54) is 0 Å². The van der Waals surface area contributed by atoms with E-state index in [2.05, 4.69) is 22.5 Å². The van der Waals surface area contributed by atoms with Crippen LogP contribution in [0.1, 0.15) is 5.56 Å². The molecule has 3 rings (SSSR count). The molecule has 0 bridgehead atoms. The molecule has 0 fully saturated rings. The van der Waals surface area contributed by atoms with Gasteiger partial charge in [-0.3, -0.25) is 0 Å². The average molecular weight is 222 g/mol. The highest BCUT2D eigenvalue weighted by Gasteiger charge is 2.02. The van der Waals surface area contributed by atoms with Gasteiger partial charge in [-0.15, -0.1) is 0 Å². The van der Waals surface area contributed by atoms with Crippen LogP contribution in [0.4, 0.5) is 0 Å². The molecule has 1 aromatic heterocycles. The summed E-state index contributed by atoms with van der Waals surface area (Å²) in [6, 6.07) is 16.1. The number of pyridine rings is 1. The molecule has 16 heavy (non-hydrogen) atoms. The molecule has 2 aromatic carbocycles. The van der Waals surface area contributed by atoms with Gasteiger partial charge in [0.25, 0.3) is 0 Å². The van der Waals surface area contributed by atoms with Crippen LogP contribution in [-0.4, -0.2) is 10.4 Å². The average Bonchev–Trinajstić information content (AvgIpc) is 2.35. The van der Waals surface area contributed by atoms with Gasteiger partial charge in [0.05, 0.1) is 16.4 Å². The Morgan fingerprint density at radius 3 is 2.62 bits per heavy atom. The molecule has 3 aromatic rings. The van der Waals surface area contributed by atoms with E-state index < -0.39 is 0 Å². The lowest BCUT2D eigenvalue weighted by Gasteiger charge is -2.03. The molecule has 0 amide bonds. The Balaban J connectivity index is 2.51. The highest BCUT2D eigenvalue weighted by molar-refractivity contribution is 7.79. The largest absolute Gasteiger partial charge is 0.248 e. The van der Waals surface area contributed by atoms with E-state index in [4.69, 9.17) is 12.2 Å². The highest BCUT2D eigenvalue weighted by atomic mass is 32.1. The van der Waals surface area contributed by atoms with Crippen LogP contribution in [0.15, 0.2) is 48.5 Å². The summed E-state index contributed by atoms with van der Waals surface area (Å²) in [7, 11) is 0. The molecule has 1 heterocycles. The molecule has 75 valence electrons. The second-order valence-electron chi connectivity index (χ2n) is 3.66. The third-order valence-electron chi connectivity index (χ3n) is 2.67. The van der Waals surface area contributed by atoms with Crippen molar-refractivity contribution in [3.8, 4) is 0 Å². The van der Waals surface area contributed by atoms with Gasteiger partial charge in [0.15, 0.2) is 0 Å². The van der Waals surface area contributed by atoms with Crippen LogP contribution < -0.4 is 0 Å². The summed E-state index contributed by atoms with van der Waals surface area (Å²) in [5.74, 6) is 0. The van der Waals surface area contributed by atoms with Crippen molar-refractivity contribution in [2.45, 2.75) is 0 Å². The third-order valence-corrected chi connectivity index (χ3v) is 2.89. The summed E-state index contributed by atoms with van der Waals surface area (Å²) >= 11 is 4.89. The summed E-state index contributed by atoms with van der Waals surface area (Å²) in [6.07, 6.45) is 0. The maximum atomic E-state index is 4.89. The standard InChI is InChI=1S/C14H8NS/c16-9-11-5-3-7-14-12(11)8-10-4-1-2-6-13(10)15-14/h1-8H. The molecule has 2 heteroatoms. The minimum atomic E-state index is 0.936. The number of para-hydroxylation sites is 1. The van der Waals surface area contributed by atoms with Crippen LogP contribution >= 0.6 is 12.2 Å². The van der Waals surface area contributed by atoms with Gasteiger partial charge >= 0.3 is 0 Å². The molecule has 1 radical (unpaired) electrons. The first-order valence-corrected chi connectivity index (χ1v) is 5.46. The monoisotopic (exact) mass is 222 g/mol. The van der Waals surface area contributed by atoms with Crippen LogP contribution in [-0.2, 0) is 0 Å². The van der Waals surface area contributed by atoms with E-state index in [9.17, 15) is 0 Å². The van der Waals surface area contributed by atoms with Gasteiger partial charge in [-0.1, -0.05) is 42.5 Å². The lowest BCUT2D eigenvalue weighted by Crippen LogP contribution is -1.86. The Bertz CT molecular complexity index is 688. The summed E-state index contributed by atoms with van der Waals surface area (Å²) in [6.45, 7) is 0. The van der Waals surface area contributed by atoms with Gasteiger partial charge in [0.1, 0.15) is 0 Å². The maximum absolute atomic E-state index is 4.89. The number of hydrogen-bond acceptors (Lipinski definition) is 2. The van der Waals surface area contributed by atoms with E-state index in [0.717, 1.165) is 27.4 Å². The van der Waals surface area contributed by atoms with E-state index >= 15 is 0 Å². The highest BCUT2D eigenvalue weighted by Crippen LogP contribution is 2.21. The van der Waals surface area contributed by atoms with Crippen molar-refractivity contribution in [3.63, 3.8) is 0 Å². The van der Waals surface area contributed by atoms with Crippen molar-refractivity contribution in [1.82, 2.24) is 4.98 Å². The number of rotatable bonds is 1. The lowest BCUT2D eigenvalue weighted by atomic mass is 10.1. The lowest BCUT2D eigenvalue weighted by molar-refractivity contribution is 1.50. The van der Waals surface area contributed by atoms with E-state index in [1.54, 1.807) is 0 Å². The SMILES string of the molecule is S=[C]c1cccc2nc3ccccc3cc12. The summed E-state index contributed by atoms with van der Waals surface area (Å²) in [4.78, 5) is 4.60. The van der Waals surface area contributed by atoms with Crippen molar-refractivity contribution >= 4 is 39.4 Å². The molecule has 0 aliphatic heterocycles. The Hall–Kier alpha value is -1.80. The fraction of sp³-hybridized carbons (Fsp3) is 0. The quantitative estimate of drug-likeness (QED) is 0.461. The Kier molecular flexibility index (Phi) is 2.15. The molecular formula is C14H8NS. The Labute approximate surface area is 98.7 Å². The smallest absolute Gasteiger partial charge is 0.0716 e. The fourth-order valence-corrected chi connectivity index (χ4v) is 2.07. The molecule has 0 aliphatic carbocycles. The third kappa shape index (κ3) is 1.39. The van der Waals surface area contributed by atoms with Crippen LogP contribution in [0.2, 0.25) is 0 Å². The van der Waals surface area contributed by atoms with Crippen molar-refractivity contribution < 1.29 is 0 Å². The summed E-state index contributed by atoms with van der Waals surface area (Å²) in [5.41, 5.74) is 2.91. The number of nitrogens with zero attached hydrogens (tertiary/aromatic N) is 1. The van der Waals surface area contributed by atoms with Gasteiger partial charge in [-0.05, 0) is 18.2 Å². The predicted molar refractivity (Wildman–Crippen MR) is 70.9 cm³/mol. The Morgan fingerprint density at radius 2 is 1.75 bits per heavy atom. The van der Waals surface area contributed by atoms with Crippen molar-refractivity contribution in [2.75, 3.05) is 0 Å². The van der Waals surface area contributed by atoms with Gasteiger partial charge in [-0.2, -0.15) is 0 Å². The zero-order chi connectivity index (χ0) is 11.0. The molecule has 0 unspecified atom stereocenters. The molecule has 1 nitrogen and oxygen atoms in total. The molecule has 0 N–H and O–H groups in total. The predicted octanol–water partition coefficient (Wildman–Crippen LogP) is 3.61. The Morgan fingerprint density at radius 1 is 0.938 bits per heavy atom. The molecule has 0 saturated heterocycles.